The summed E-state index contributed by atoms with van der Waals surface area (Å²) < 4.78 is 5.21. The molecule has 2 aromatic heterocycles. The number of piperazine rings is 1. The van der Waals surface area contributed by atoms with E-state index in [2.05, 4.69) is 30.2 Å². The zero-order valence-corrected chi connectivity index (χ0v) is 18.1. The number of carbonyl (C=O) groups is 2. The lowest BCUT2D eigenvalue weighted by Gasteiger charge is -2.39. The lowest BCUT2D eigenvalue weighted by atomic mass is 10.2. The van der Waals surface area contributed by atoms with E-state index in [1.54, 1.807) is 12.4 Å². The van der Waals surface area contributed by atoms with Crippen LogP contribution in [0.1, 0.15) is 43.6 Å². The number of hydrogen-bond acceptors (Lipinski definition) is 9. The molecule has 0 aliphatic carbocycles. The van der Waals surface area contributed by atoms with Crippen LogP contribution in [0.15, 0.2) is 24.8 Å². The third kappa shape index (κ3) is 6.00. The topological polar surface area (TPSA) is 134 Å². The van der Waals surface area contributed by atoms with Gasteiger partial charge in [0.05, 0.1) is 5.56 Å². The number of rotatable bonds is 5. The van der Waals surface area contributed by atoms with Crippen molar-refractivity contribution in [1.82, 2.24) is 25.3 Å². The molecule has 0 saturated carbocycles. The molecule has 3 rings (SSSR count). The number of aromatic carboxylic acids is 1. The number of nitrogens with one attached hydrogen (secondary N) is 1. The minimum absolute atomic E-state index is 0.0599. The molecule has 2 aromatic rings. The molecule has 1 aliphatic heterocycles. The summed E-state index contributed by atoms with van der Waals surface area (Å²) in [7, 11) is 0. The molecule has 31 heavy (non-hydrogen) atoms. The molecule has 1 atom stereocenters. The van der Waals surface area contributed by atoms with Crippen LogP contribution in [0, 0.1) is 0 Å². The number of carbonyl (C=O) groups excluding carboxylic acids is 1. The van der Waals surface area contributed by atoms with Crippen LogP contribution in [0.25, 0.3) is 0 Å². The van der Waals surface area contributed by atoms with E-state index in [0.717, 1.165) is 5.56 Å². The van der Waals surface area contributed by atoms with Gasteiger partial charge in [-0.15, -0.1) is 0 Å². The maximum atomic E-state index is 11.8. The van der Waals surface area contributed by atoms with Crippen LogP contribution < -0.4 is 15.1 Å². The molecule has 0 spiro atoms. The van der Waals surface area contributed by atoms with Crippen LogP contribution in [0.4, 0.5) is 16.7 Å². The van der Waals surface area contributed by atoms with Gasteiger partial charge in [0, 0.05) is 62.6 Å². The Labute approximate surface area is 180 Å². The number of alkyl carbamates (subject to hydrolysis) is 1. The van der Waals surface area contributed by atoms with E-state index >= 15 is 0 Å². The van der Waals surface area contributed by atoms with Crippen molar-refractivity contribution < 1.29 is 19.4 Å². The highest BCUT2D eigenvalue weighted by Crippen LogP contribution is 2.19. The smallest absolute Gasteiger partial charge is 0.407 e. The summed E-state index contributed by atoms with van der Waals surface area (Å²) in [5.41, 5.74) is 0.282. The third-order valence-electron chi connectivity index (χ3n) is 4.58. The Kier molecular flexibility index (Phi) is 6.52. The van der Waals surface area contributed by atoms with E-state index in [4.69, 9.17) is 9.84 Å². The minimum Gasteiger partial charge on any atom is -0.478 e. The molecule has 2 N–H and O–H groups in total. The Hall–Kier alpha value is -3.50. The van der Waals surface area contributed by atoms with E-state index in [0.29, 0.717) is 31.5 Å². The maximum absolute atomic E-state index is 11.8. The zero-order chi connectivity index (χ0) is 22.6. The number of anilines is 2. The van der Waals surface area contributed by atoms with Gasteiger partial charge in [0.15, 0.2) is 0 Å². The van der Waals surface area contributed by atoms with E-state index in [9.17, 15) is 9.59 Å². The fraction of sp³-hybridized carbons (Fsp3) is 0.500. The molecule has 0 radical (unpaired) electrons. The second kappa shape index (κ2) is 9.11. The number of hydrogen-bond donors (Lipinski definition) is 2. The lowest BCUT2D eigenvalue weighted by Crippen LogP contribution is -2.53. The predicted molar refractivity (Wildman–Crippen MR) is 113 cm³/mol. The van der Waals surface area contributed by atoms with Gasteiger partial charge < -0.3 is 25.0 Å². The number of carboxylic acid groups (broad SMARTS) is 1. The van der Waals surface area contributed by atoms with E-state index in [1.165, 1.54) is 12.4 Å². The predicted octanol–water partition coefficient (Wildman–Crippen LogP) is 1.70. The number of aromatic nitrogens is 4. The van der Waals surface area contributed by atoms with Crippen molar-refractivity contribution in [3.63, 3.8) is 0 Å². The zero-order valence-electron chi connectivity index (χ0n) is 18.1. The van der Waals surface area contributed by atoms with Gasteiger partial charge in [0.1, 0.15) is 5.60 Å². The molecule has 1 saturated heterocycles. The normalized spacial score (nSPS) is 16.7. The van der Waals surface area contributed by atoms with Crippen molar-refractivity contribution in [1.29, 1.82) is 0 Å². The highest BCUT2D eigenvalue weighted by atomic mass is 16.6. The van der Waals surface area contributed by atoms with Gasteiger partial charge >= 0.3 is 12.1 Å². The Balaban J connectivity index is 1.55. The number of amides is 1. The molecule has 166 valence electrons. The van der Waals surface area contributed by atoms with E-state index < -0.39 is 17.7 Å². The van der Waals surface area contributed by atoms with Crippen LogP contribution in [0.5, 0.6) is 0 Å². The summed E-state index contributed by atoms with van der Waals surface area (Å²) in [4.78, 5) is 44.0. The highest BCUT2D eigenvalue weighted by Gasteiger charge is 2.27. The first kappa shape index (κ1) is 22.2. The quantitative estimate of drug-likeness (QED) is 0.723. The molecular weight excluding hydrogens is 402 g/mol. The van der Waals surface area contributed by atoms with Gasteiger partial charge in [-0.25, -0.2) is 29.5 Å². The Morgan fingerprint density at radius 2 is 1.71 bits per heavy atom. The summed E-state index contributed by atoms with van der Waals surface area (Å²) in [5, 5.41) is 11.7. The third-order valence-corrected chi connectivity index (χ3v) is 4.58. The van der Waals surface area contributed by atoms with Crippen LogP contribution in [0.3, 0.4) is 0 Å². The van der Waals surface area contributed by atoms with Crippen molar-refractivity contribution in [3.05, 3.63) is 35.9 Å². The Morgan fingerprint density at radius 1 is 1.10 bits per heavy atom. The SMILES string of the molecule is C[C@H]1CN(c2ncc(CNC(=O)OC(C)(C)C)cn2)CCN1c1ncc(C(=O)O)cn1. The largest absolute Gasteiger partial charge is 0.478 e. The lowest BCUT2D eigenvalue weighted by molar-refractivity contribution is 0.0523. The van der Waals surface area contributed by atoms with Gasteiger partial charge in [0.2, 0.25) is 11.9 Å². The average molecular weight is 429 g/mol. The maximum Gasteiger partial charge on any atom is 0.407 e. The Morgan fingerprint density at radius 3 is 2.26 bits per heavy atom. The van der Waals surface area contributed by atoms with Crippen LogP contribution >= 0.6 is 0 Å². The molecule has 3 heterocycles. The van der Waals surface area contributed by atoms with Gasteiger partial charge in [-0.05, 0) is 27.7 Å². The van der Waals surface area contributed by atoms with Gasteiger partial charge in [-0.1, -0.05) is 0 Å². The molecule has 0 bridgehead atoms. The average Bonchev–Trinajstić information content (AvgIpc) is 2.71. The van der Waals surface area contributed by atoms with E-state index in [-0.39, 0.29) is 18.2 Å². The molecule has 1 amide bonds. The van der Waals surface area contributed by atoms with Gasteiger partial charge in [0.25, 0.3) is 0 Å². The fourth-order valence-corrected chi connectivity index (χ4v) is 3.11. The number of nitrogens with zero attached hydrogens (tertiary/aromatic N) is 6. The second-order valence-electron chi connectivity index (χ2n) is 8.31. The van der Waals surface area contributed by atoms with Crippen LogP contribution in [-0.2, 0) is 11.3 Å². The van der Waals surface area contributed by atoms with Crippen LogP contribution in [0.2, 0.25) is 0 Å². The molecule has 1 fully saturated rings. The first-order chi connectivity index (χ1) is 14.6. The summed E-state index contributed by atoms with van der Waals surface area (Å²) in [6, 6.07) is 0.0848. The monoisotopic (exact) mass is 429 g/mol. The molecule has 11 nitrogen and oxygen atoms in total. The minimum atomic E-state index is -1.05. The van der Waals surface area contributed by atoms with Gasteiger partial charge in [-0.2, -0.15) is 0 Å². The Bertz CT molecular complexity index is 913. The molecule has 0 unspecified atom stereocenters. The van der Waals surface area contributed by atoms with Crippen molar-refractivity contribution in [2.24, 2.45) is 0 Å². The fourth-order valence-electron chi connectivity index (χ4n) is 3.11. The first-order valence-corrected chi connectivity index (χ1v) is 9.97. The number of ether oxygens (including phenoxy) is 1. The summed E-state index contributed by atoms with van der Waals surface area (Å²) >= 11 is 0. The summed E-state index contributed by atoms with van der Waals surface area (Å²) in [6.45, 7) is 9.73. The van der Waals surface area contributed by atoms with Crippen molar-refractivity contribution in [2.45, 2.75) is 45.9 Å². The first-order valence-electron chi connectivity index (χ1n) is 9.97. The van der Waals surface area contributed by atoms with Crippen molar-refractivity contribution in [2.75, 3.05) is 29.4 Å². The molecular formula is C20H27N7O4. The summed E-state index contributed by atoms with van der Waals surface area (Å²) in [5.74, 6) is 0.0580. The van der Waals surface area contributed by atoms with Crippen molar-refractivity contribution in [3.8, 4) is 0 Å². The van der Waals surface area contributed by atoms with Crippen molar-refractivity contribution >= 4 is 24.0 Å². The highest BCUT2D eigenvalue weighted by molar-refractivity contribution is 5.86. The summed E-state index contributed by atoms with van der Waals surface area (Å²) in [6.07, 6.45) is 5.52. The van der Waals surface area contributed by atoms with E-state index in [1.807, 2.05) is 32.6 Å². The van der Waals surface area contributed by atoms with Gasteiger partial charge in [-0.3, -0.25) is 0 Å². The number of carboxylic acids is 1. The second-order valence-corrected chi connectivity index (χ2v) is 8.31. The van der Waals surface area contributed by atoms with Crippen LogP contribution in [-0.4, -0.2) is 68.4 Å². The molecule has 1 aliphatic rings. The molecule has 0 aromatic carbocycles. The standard InChI is InChI=1S/C20H27N7O4/c1-13-12-26(5-6-27(13)18-23-10-15(11-24-18)16(28)29)17-21-7-14(8-22-17)9-25-19(30)31-20(2,3)4/h7-8,10-11,13H,5-6,9,12H2,1-4H3,(H,25,30)(H,28,29)/t13-/m0/s1. The molecule has 11 heteroatoms.